The molecular weight excluding hydrogens is 246 g/mol. The smallest absolute Gasteiger partial charge is 0.312 e. The Balaban J connectivity index is 1.96. The molecule has 94 valence electrons. The molecule has 0 aliphatic carbocycles. The van der Waals surface area contributed by atoms with Gasteiger partial charge in [0.05, 0.1) is 18.7 Å². The minimum absolute atomic E-state index is 0.210. The van der Waals surface area contributed by atoms with Crippen molar-refractivity contribution >= 4 is 17.3 Å². The summed E-state index contributed by atoms with van der Waals surface area (Å²) in [7, 11) is 0. The fourth-order valence-electron chi connectivity index (χ4n) is 1.65. The Morgan fingerprint density at radius 3 is 2.83 bits per heavy atom. The molecule has 0 aliphatic heterocycles. The van der Waals surface area contributed by atoms with Crippen LogP contribution < -0.4 is 0 Å². The minimum Gasteiger partial charge on any atom is -0.466 e. The van der Waals surface area contributed by atoms with Crippen molar-refractivity contribution in [3.8, 4) is 0 Å². The zero-order valence-corrected chi connectivity index (χ0v) is 11.1. The number of hydrogen-bond donors (Lipinski definition) is 0. The predicted octanol–water partition coefficient (Wildman–Crippen LogP) is 2.84. The number of aromatic nitrogens is 1. The number of ether oxygens (including phenoxy) is 1. The molecule has 3 nitrogen and oxygen atoms in total. The van der Waals surface area contributed by atoms with Crippen molar-refractivity contribution in [2.45, 2.75) is 19.8 Å². The van der Waals surface area contributed by atoms with E-state index in [0.29, 0.717) is 6.61 Å². The zero-order valence-electron chi connectivity index (χ0n) is 10.3. The van der Waals surface area contributed by atoms with Gasteiger partial charge in [-0.3, -0.25) is 4.79 Å². The Kier molecular flexibility index (Phi) is 4.47. The first kappa shape index (κ1) is 12.8. The number of rotatable bonds is 5. The van der Waals surface area contributed by atoms with E-state index in [1.54, 1.807) is 6.92 Å². The van der Waals surface area contributed by atoms with Crippen molar-refractivity contribution in [1.29, 1.82) is 0 Å². The van der Waals surface area contributed by atoms with Crippen molar-refractivity contribution in [1.82, 2.24) is 4.98 Å². The highest BCUT2D eigenvalue weighted by molar-refractivity contribution is 7.09. The van der Waals surface area contributed by atoms with Crippen molar-refractivity contribution < 1.29 is 9.53 Å². The number of thiazole rings is 1. The van der Waals surface area contributed by atoms with E-state index in [9.17, 15) is 4.79 Å². The van der Waals surface area contributed by atoms with Gasteiger partial charge in [0.15, 0.2) is 0 Å². The summed E-state index contributed by atoms with van der Waals surface area (Å²) in [5.41, 5.74) is 2.23. The summed E-state index contributed by atoms with van der Waals surface area (Å²) < 4.78 is 4.90. The Morgan fingerprint density at radius 1 is 1.33 bits per heavy atom. The van der Waals surface area contributed by atoms with Gasteiger partial charge in [0.25, 0.3) is 0 Å². The second kappa shape index (κ2) is 6.31. The van der Waals surface area contributed by atoms with Gasteiger partial charge in [-0.25, -0.2) is 4.98 Å². The molecule has 0 radical (unpaired) electrons. The number of nitrogens with zero attached hydrogens (tertiary/aromatic N) is 1. The van der Waals surface area contributed by atoms with E-state index in [-0.39, 0.29) is 12.4 Å². The lowest BCUT2D eigenvalue weighted by molar-refractivity contribution is -0.142. The minimum atomic E-state index is -0.210. The molecule has 0 bridgehead atoms. The Bertz CT molecular complexity index is 508. The van der Waals surface area contributed by atoms with Gasteiger partial charge in [-0.15, -0.1) is 11.3 Å². The van der Waals surface area contributed by atoms with Gasteiger partial charge in [-0.1, -0.05) is 30.3 Å². The van der Waals surface area contributed by atoms with Crippen molar-refractivity contribution in [3.63, 3.8) is 0 Å². The van der Waals surface area contributed by atoms with Crippen LogP contribution >= 0.6 is 11.3 Å². The standard InChI is InChI=1S/C14H15NO2S/c1-2-17-14(16)9-13-15-12(10-18-13)8-11-6-4-3-5-7-11/h3-7,10H,2,8-9H2,1H3. The van der Waals surface area contributed by atoms with E-state index in [1.807, 2.05) is 23.6 Å². The van der Waals surface area contributed by atoms with Crippen LogP contribution in [-0.2, 0) is 22.4 Å². The average molecular weight is 261 g/mol. The molecule has 1 aromatic heterocycles. The lowest BCUT2D eigenvalue weighted by Gasteiger charge is -1.98. The molecule has 18 heavy (non-hydrogen) atoms. The van der Waals surface area contributed by atoms with Gasteiger partial charge in [-0.05, 0) is 12.5 Å². The van der Waals surface area contributed by atoms with E-state index >= 15 is 0 Å². The summed E-state index contributed by atoms with van der Waals surface area (Å²) >= 11 is 1.51. The molecule has 0 aliphatic rings. The SMILES string of the molecule is CCOC(=O)Cc1nc(Cc2ccccc2)cs1. The molecular formula is C14H15NO2S. The monoisotopic (exact) mass is 261 g/mol. The lowest BCUT2D eigenvalue weighted by atomic mass is 10.1. The molecule has 2 rings (SSSR count). The highest BCUT2D eigenvalue weighted by Gasteiger charge is 2.08. The molecule has 0 fully saturated rings. The third-order valence-corrected chi connectivity index (χ3v) is 3.33. The number of carbonyl (C=O) groups excluding carboxylic acids is 1. The highest BCUT2D eigenvalue weighted by Crippen LogP contribution is 2.14. The van der Waals surface area contributed by atoms with Gasteiger partial charge in [-0.2, -0.15) is 0 Å². The Hall–Kier alpha value is -1.68. The fourth-order valence-corrected chi connectivity index (χ4v) is 2.43. The molecule has 0 atom stereocenters. The van der Waals surface area contributed by atoms with Crippen molar-refractivity contribution in [2.24, 2.45) is 0 Å². The zero-order chi connectivity index (χ0) is 12.8. The van der Waals surface area contributed by atoms with Crippen LogP contribution in [0.25, 0.3) is 0 Å². The second-order valence-corrected chi connectivity index (χ2v) is 4.82. The maximum atomic E-state index is 11.3. The maximum absolute atomic E-state index is 11.3. The normalized spacial score (nSPS) is 10.3. The van der Waals surface area contributed by atoms with E-state index in [4.69, 9.17) is 4.74 Å². The number of carbonyl (C=O) groups is 1. The van der Waals surface area contributed by atoms with Crippen LogP contribution in [-0.4, -0.2) is 17.6 Å². The van der Waals surface area contributed by atoms with Crippen LogP contribution in [0.4, 0.5) is 0 Å². The number of esters is 1. The molecule has 1 aromatic carbocycles. The molecule has 0 spiro atoms. The van der Waals surface area contributed by atoms with E-state index in [1.165, 1.54) is 16.9 Å². The Morgan fingerprint density at radius 2 is 2.11 bits per heavy atom. The largest absolute Gasteiger partial charge is 0.466 e. The Labute approximate surface area is 110 Å². The van der Waals surface area contributed by atoms with Crippen LogP contribution in [0.5, 0.6) is 0 Å². The van der Waals surface area contributed by atoms with Crippen LogP contribution in [0.15, 0.2) is 35.7 Å². The molecule has 1 heterocycles. The summed E-state index contributed by atoms with van der Waals surface area (Å²) in [6.45, 7) is 2.22. The molecule has 4 heteroatoms. The fraction of sp³-hybridized carbons (Fsp3) is 0.286. The second-order valence-electron chi connectivity index (χ2n) is 3.88. The lowest BCUT2D eigenvalue weighted by Crippen LogP contribution is -2.07. The van der Waals surface area contributed by atoms with E-state index in [0.717, 1.165) is 17.1 Å². The highest BCUT2D eigenvalue weighted by atomic mass is 32.1. The molecule has 0 saturated heterocycles. The first-order valence-corrected chi connectivity index (χ1v) is 6.78. The average Bonchev–Trinajstić information content (AvgIpc) is 2.78. The summed E-state index contributed by atoms with van der Waals surface area (Å²) in [6.07, 6.45) is 1.08. The van der Waals surface area contributed by atoms with Crippen LogP contribution in [0.3, 0.4) is 0 Å². The van der Waals surface area contributed by atoms with Gasteiger partial charge >= 0.3 is 5.97 Å². The van der Waals surface area contributed by atoms with Crippen LogP contribution in [0.2, 0.25) is 0 Å². The summed E-state index contributed by atoms with van der Waals surface area (Å²) in [5, 5.41) is 2.82. The number of hydrogen-bond acceptors (Lipinski definition) is 4. The number of benzene rings is 1. The third-order valence-electron chi connectivity index (χ3n) is 2.43. The molecule has 0 amide bonds. The summed E-state index contributed by atoms with van der Waals surface area (Å²) in [4.78, 5) is 15.8. The summed E-state index contributed by atoms with van der Waals surface area (Å²) in [6, 6.07) is 10.2. The maximum Gasteiger partial charge on any atom is 0.312 e. The third kappa shape index (κ3) is 3.67. The molecule has 0 saturated carbocycles. The van der Waals surface area contributed by atoms with Crippen molar-refractivity contribution in [3.05, 3.63) is 52.0 Å². The predicted molar refractivity (Wildman–Crippen MR) is 71.7 cm³/mol. The first-order valence-electron chi connectivity index (χ1n) is 5.90. The van der Waals surface area contributed by atoms with Gasteiger partial charge < -0.3 is 4.74 Å². The molecule has 0 unspecified atom stereocenters. The topological polar surface area (TPSA) is 39.2 Å². The van der Waals surface area contributed by atoms with Crippen molar-refractivity contribution in [2.75, 3.05) is 6.61 Å². The molecule has 2 aromatic rings. The summed E-state index contributed by atoms with van der Waals surface area (Å²) in [5.74, 6) is -0.210. The molecule has 0 N–H and O–H groups in total. The first-order chi connectivity index (χ1) is 8.78. The van der Waals surface area contributed by atoms with Crippen LogP contribution in [0.1, 0.15) is 23.2 Å². The van der Waals surface area contributed by atoms with Crippen LogP contribution in [0, 0.1) is 0 Å². The quantitative estimate of drug-likeness (QED) is 0.777. The van der Waals surface area contributed by atoms with E-state index < -0.39 is 0 Å². The van der Waals surface area contributed by atoms with E-state index in [2.05, 4.69) is 17.1 Å². The van der Waals surface area contributed by atoms with Gasteiger partial charge in [0.2, 0.25) is 0 Å². The van der Waals surface area contributed by atoms with Gasteiger partial charge in [0.1, 0.15) is 5.01 Å². The van der Waals surface area contributed by atoms with Gasteiger partial charge in [0, 0.05) is 11.8 Å².